The highest BCUT2D eigenvalue weighted by molar-refractivity contribution is 7.07. The van der Waals surface area contributed by atoms with Crippen LogP contribution in [0.3, 0.4) is 0 Å². The summed E-state index contributed by atoms with van der Waals surface area (Å²) in [5, 5.41) is 6.75. The van der Waals surface area contributed by atoms with Crippen LogP contribution in [0.1, 0.15) is 15.9 Å². The van der Waals surface area contributed by atoms with Gasteiger partial charge in [-0.25, -0.2) is 0 Å². The lowest BCUT2D eigenvalue weighted by atomic mass is 10.1. The van der Waals surface area contributed by atoms with Gasteiger partial charge in [0.1, 0.15) is 13.1 Å². The number of rotatable bonds is 6. The molecule has 0 atom stereocenters. The van der Waals surface area contributed by atoms with E-state index in [1.54, 1.807) is 0 Å². The minimum absolute atomic E-state index is 0.0371. The molecule has 0 aliphatic carbocycles. The Bertz CT molecular complexity index is 757. The van der Waals surface area contributed by atoms with E-state index in [4.69, 9.17) is 5.73 Å². The largest absolute Gasteiger partial charge is 0.406 e. The number of nitrogens with zero attached hydrogens (tertiary/aromatic N) is 1. The fourth-order valence-electron chi connectivity index (χ4n) is 2.26. The van der Waals surface area contributed by atoms with Gasteiger partial charge in [0.05, 0.1) is 11.4 Å². The highest BCUT2D eigenvalue weighted by Crippen LogP contribution is 2.26. The summed E-state index contributed by atoms with van der Waals surface area (Å²) >= 11 is 1.49. The molecule has 1 amide bonds. The molecule has 0 saturated carbocycles. The van der Waals surface area contributed by atoms with Crippen LogP contribution in [0.4, 0.5) is 37.7 Å². The van der Waals surface area contributed by atoms with E-state index in [0.717, 1.165) is 17.7 Å². The predicted molar refractivity (Wildman–Crippen MR) is 90.5 cm³/mol. The summed E-state index contributed by atoms with van der Waals surface area (Å²) < 4.78 is 75.2. The van der Waals surface area contributed by atoms with E-state index in [1.807, 2.05) is 16.8 Å². The van der Waals surface area contributed by atoms with Crippen LogP contribution in [0, 0.1) is 0 Å². The molecule has 0 radical (unpaired) electrons. The molecule has 0 fully saturated rings. The monoisotopic (exact) mass is 411 g/mol. The molecular formula is C16H15F6N3OS. The molecule has 1 aromatic carbocycles. The number of hydrogen-bond donors (Lipinski definition) is 2. The third-order valence-electron chi connectivity index (χ3n) is 3.39. The van der Waals surface area contributed by atoms with Gasteiger partial charge < -0.3 is 16.0 Å². The minimum Gasteiger partial charge on any atom is -0.397 e. The van der Waals surface area contributed by atoms with Gasteiger partial charge in [-0.1, -0.05) is 0 Å². The molecule has 1 heterocycles. The summed E-state index contributed by atoms with van der Waals surface area (Å²) in [6, 6.07) is 5.40. The van der Waals surface area contributed by atoms with Crippen LogP contribution < -0.4 is 11.1 Å². The number of halogens is 6. The third kappa shape index (κ3) is 6.66. The van der Waals surface area contributed by atoms with Crippen molar-refractivity contribution in [3.8, 4) is 0 Å². The van der Waals surface area contributed by atoms with Crippen LogP contribution in [0.5, 0.6) is 0 Å². The molecule has 2 rings (SSSR count). The van der Waals surface area contributed by atoms with Crippen LogP contribution in [-0.4, -0.2) is 36.2 Å². The van der Waals surface area contributed by atoms with E-state index in [1.165, 1.54) is 17.4 Å². The first-order chi connectivity index (χ1) is 12.4. The normalized spacial score (nSPS) is 12.1. The van der Waals surface area contributed by atoms with Crippen molar-refractivity contribution >= 4 is 28.6 Å². The Labute approximate surface area is 154 Å². The lowest BCUT2D eigenvalue weighted by Crippen LogP contribution is -2.44. The molecular weight excluding hydrogens is 396 g/mol. The van der Waals surface area contributed by atoms with Crippen LogP contribution in [-0.2, 0) is 6.54 Å². The number of nitrogens with two attached hydrogens (primary N) is 1. The number of nitrogens with one attached hydrogen (secondary N) is 1. The molecule has 4 nitrogen and oxygen atoms in total. The van der Waals surface area contributed by atoms with Gasteiger partial charge in [0.25, 0.3) is 5.91 Å². The van der Waals surface area contributed by atoms with Crippen molar-refractivity contribution in [2.24, 2.45) is 0 Å². The van der Waals surface area contributed by atoms with E-state index < -0.39 is 31.3 Å². The van der Waals surface area contributed by atoms with E-state index >= 15 is 0 Å². The van der Waals surface area contributed by atoms with Crippen molar-refractivity contribution in [2.45, 2.75) is 18.9 Å². The molecule has 0 spiro atoms. The Kier molecular flexibility index (Phi) is 6.24. The van der Waals surface area contributed by atoms with Crippen LogP contribution in [0.15, 0.2) is 35.0 Å². The molecule has 148 valence electrons. The van der Waals surface area contributed by atoms with Crippen molar-refractivity contribution in [1.82, 2.24) is 4.90 Å². The van der Waals surface area contributed by atoms with Gasteiger partial charge >= 0.3 is 12.4 Å². The number of amides is 1. The Morgan fingerprint density at radius 3 is 2.19 bits per heavy atom. The van der Waals surface area contributed by atoms with Gasteiger partial charge in [-0.2, -0.15) is 37.7 Å². The summed E-state index contributed by atoms with van der Waals surface area (Å²) in [6.07, 6.45) is -9.93. The first-order valence-corrected chi connectivity index (χ1v) is 8.46. The van der Waals surface area contributed by atoms with Gasteiger partial charge in [-0.05, 0) is 40.6 Å². The summed E-state index contributed by atoms with van der Waals surface area (Å²) in [4.78, 5) is 11.9. The van der Waals surface area contributed by atoms with Gasteiger partial charge in [-0.15, -0.1) is 0 Å². The highest BCUT2D eigenvalue weighted by Gasteiger charge is 2.39. The van der Waals surface area contributed by atoms with E-state index in [-0.39, 0.29) is 16.2 Å². The standard InChI is InChI=1S/C16H15F6N3OS/c17-15(18,19)8-25(9-16(20,21)22)14(26)11-1-2-13(12(23)5-11)24-6-10-3-4-27-7-10/h1-5,7,24H,6,8-9,23H2. The zero-order chi connectivity index (χ0) is 20.2. The molecule has 27 heavy (non-hydrogen) atoms. The SMILES string of the molecule is Nc1cc(C(=O)N(CC(F)(F)F)CC(F)(F)F)ccc1NCc1ccsc1. The lowest BCUT2D eigenvalue weighted by molar-refractivity contribution is -0.171. The van der Waals surface area contributed by atoms with Crippen LogP contribution in [0.2, 0.25) is 0 Å². The van der Waals surface area contributed by atoms with Gasteiger partial charge in [0, 0.05) is 12.1 Å². The molecule has 3 N–H and O–H groups in total. The topological polar surface area (TPSA) is 58.4 Å². The number of alkyl halides is 6. The van der Waals surface area contributed by atoms with Crippen molar-refractivity contribution in [2.75, 3.05) is 24.1 Å². The molecule has 0 bridgehead atoms. The zero-order valence-corrected chi connectivity index (χ0v) is 14.5. The summed E-state index contributed by atoms with van der Waals surface area (Å²) in [5.74, 6) is -1.40. The first kappa shape index (κ1) is 20.9. The minimum atomic E-state index is -4.96. The number of nitrogen functional groups attached to an aromatic ring is 1. The van der Waals surface area contributed by atoms with Crippen molar-refractivity contribution in [3.63, 3.8) is 0 Å². The maximum absolute atomic E-state index is 12.5. The third-order valence-corrected chi connectivity index (χ3v) is 4.12. The molecule has 0 aliphatic rings. The highest BCUT2D eigenvalue weighted by atomic mass is 32.1. The Morgan fingerprint density at radius 1 is 1.07 bits per heavy atom. The maximum atomic E-state index is 12.5. The Morgan fingerprint density at radius 2 is 1.70 bits per heavy atom. The molecule has 0 unspecified atom stereocenters. The number of thiophene rings is 1. The smallest absolute Gasteiger partial charge is 0.397 e. The van der Waals surface area contributed by atoms with Crippen molar-refractivity contribution in [1.29, 1.82) is 0 Å². The molecule has 0 aliphatic heterocycles. The van der Waals surface area contributed by atoms with Gasteiger partial charge in [0.15, 0.2) is 0 Å². The number of hydrogen-bond acceptors (Lipinski definition) is 4. The molecule has 2 aromatic rings. The average molecular weight is 411 g/mol. The van der Waals surface area contributed by atoms with Crippen molar-refractivity contribution < 1.29 is 31.1 Å². The summed E-state index contributed by atoms with van der Waals surface area (Å²) in [5.41, 5.74) is 6.84. The Hall–Kier alpha value is -2.43. The number of carbonyl (C=O) groups excluding carboxylic acids is 1. The van der Waals surface area contributed by atoms with Crippen molar-refractivity contribution in [3.05, 3.63) is 46.2 Å². The van der Waals surface area contributed by atoms with Gasteiger partial charge in [0.2, 0.25) is 0 Å². The molecule has 11 heteroatoms. The van der Waals surface area contributed by atoms with Gasteiger partial charge in [-0.3, -0.25) is 4.79 Å². The number of anilines is 2. The quantitative estimate of drug-likeness (QED) is 0.543. The van der Waals surface area contributed by atoms with E-state index in [0.29, 0.717) is 12.2 Å². The molecule has 1 aromatic heterocycles. The second-order valence-electron chi connectivity index (χ2n) is 5.68. The molecule has 0 saturated heterocycles. The fourth-order valence-corrected chi connectivity index (χ4v) is 2.93. The summed E-state index contributed by atoms with van der Waals surface area (Å²) in [7, 11) is 0. The predicted octanol–water partition coefficient (Wildman–Crippen LogP) is 4.51. The van der Waals surface area contributed by atoms with Crippen LogP contribution in [0.25, 0.3) is 0 Å². The first-order valence-electron chi connectivity index (χ1n) is 7.52. The number of benzene rings is 1. The average Bonchev–Trinajstić information content (AvgIpc) is 3.03. The second-order valence-corrected chi connectivity index (χ2v) is 6.46. The fraction of sp³-hybridized carbons (Fsp3) is 0.312. The maximum Gasteiger partial charge on any atom is 0.406 e. The van der Waals surface area contributed by atoms with E-state index in [2.05, 4.69) is 5.32 Å². The van der Waals surface area contributed by atoms with E-state index in [9.17, 15) is 31.1 Å². The second kappa shape index (κ2) is 8.07. The summed E-state index contributed by atoms with van der Waals surface area (Å²) in [6.45, 7) is -3.60. The Balaban J connectivity index is 2.16. The number of carbonyl (C=O) groups is 1. The lowest BCUT2D eigenvalue weighted by Gasteiger charge is -2.25. The zero-order valence-electron chi connectivity index (χ0n) is 13.7. The van der Waals surface area contributed by atoms with Crippen LogP contribution >= 0.6 is 11.3 Å².